The van der Waals surface area contributed by atoms with E-state index in [0.29, 0.717) is 6.04 Å². The lowest BCUT2D eigenvalue weighted by molar-refractivity contribution is 0.175. The number of hydrogen-bond acceptors (Lipinski definition) is 3. The van der Waals surface area contributed by atoms with Crippen LogP contribution in [0.25, 0.3) is 0 Å². The van der Waals surface area contributed by atoms with E-state index in [9.17, 15) is 0 Å². The van der Waals surface area contributed by atoms with E-state index in [2.05, 4.69) is 42.4 Å². The molecule has 1 N–H and O–H groups in total. The highest BCUT2D eigenvalue weighted by Gasteiger charge is 2.32. The fourth-order valence-electron chi connectivity index (χ4n) is 3.86. The molecule has 1 heterocycles. The Balaban J connectivity index is 2.30. The highest BCUT2D eigenvalue weighted by molar-refractivity contribution is 5.25. The van der Waals surface area contributed by atoms with Crippen LogP contribution in [-0.4, -0.2) is 16.7 Å². The molecular formula is C18H31N3. The van der Waals surface area contributed by atoms with E-state index >= 15 is 0 Å². The first-order valence-electron chi connectivity index (χ1n) is 8.71. The minimum absolute atomic E-state index is 0.449. The molecule has 3 atom stereocenters. The second-order valence-corrected chi connectivity index (χ2v) is 6.57. The molecule has 0 amide bonds. The van der Waals surface area contributed by atoms with Gasteiger partial charge in [-0.15, -0.1) is 0 Å². The Bertz CT molecular complexity index is 444. The summed E-state index contributed by atoms with van der Waals surface area (Å²) in [6.07, 6.45) is 7.99. The molecule has 1 aliphatic rings. The van der Waals surface area contributed by atoms with Crippen LogP contribution in [0.4, 0.5) is 0 Å². The van der Waals surface area contributed by atoms with Gasteiger partial charge in [0.1, 0.15) is 0 Å². The minimum Gasteiger partial charge on any atom is -0.310 e. The fraction of sp³-hybridized carbons (Fsp3) is 0.778. The molecule has 1 saturated carbocycles. The summed E-state index contributed by atoms with van der Waals surface area (Å²) in [6.45, 7) is 9.82. The van der Waals surface area contributed by atoms with Gasteiger partial charge in [0.05, 0.1) is 11.4 Å². The van der Waals surface area contributed by atoms with Crippen LogP contribution in [-0.2, 0) is 0 Å². The van der Waals surface area contributed by atoms with E-state index in [1.54, 1.807) is 0 Å². The van der Waals surface area contributed by atoms with Crippen LogP contribution in [0.1, 0.15) is 75.4 Å². The largest absolute Gasteiger partial charge is 0.310 e. The Labute approximate surface area is 129 Å². The molecule has 2 rings (SSSR count). The molecule has 0 bridgehead atoms. The van der Waals surface area contributed by atoms with Crippen LogP contribution >= 0.6 is 0 Å². The number of hydrogen-bond donors (Lipinski definition) is 1. The zero-order valence-electron chi connectivity index (χ0n) is 14.2. The fourth-order valence-corrected chi connectivity index (χ4v) is 3.86. The third-order valence-corrected chi connectivity index (χ3v) is 5.01. The van der Waals surface area contributed by atoms with Crippen LogP contribution in [0.5, 0.6) is 0 Å². The average molecular weight is 289 g/mol. The van der Waals surface area contributed by atoms with E-state index < -0.39 is 0 Å². The molecular weight excluding hydrogens is 258 g/mol. The normalized spacial score (nSPS) is 24.0. The van der Waals surface area contributed by atoms with Gasteiger partial charge in [-0.2, -0.15) is 10.2 Å². The molecule has 0 aromatic carbocycles. The molecule has 1 fully saturated rings. The Morgan fingerprint density at radius 1 is 1.19 bits per heavy atom. The third-order valence-electron chi connectivity index (χ3n) is 5.01. The Kier molecular flexibility index (Phi) is 6.16. The highest BCUT2D eigenvalue weighted by Crippen LogP contribution is 2.40. The van der Waals surface area contributed by atoms with Gasteiger partial charge in [-0.3, -0.25) is 0 Å². The predicted molar refractivity (Wildman–Crippen MR) is 88.3 cm³/mol. The maximum atomic E-state index is 4.36. The van der Waals surface area contributed by atoms with Crippen molar-refractivity contribution in [3.63, 3.8) is 0 Å². The Morgan fingerprint density at radius 2 is 1.95 bits per heavy atom. The molecule has 0 radical (unpaired) electrons. The van der Waals surface area contributed by atoms with E-state index in [0.717, 1.165) is 29.8 Å². The van der Waals surface area contributed by atoms with Crippen molar-refractivity contribution in [2.45, 2.75) is 72.3 Å². The van der Waals surface area contributed by atoms with Gasteiger partial charge in [0.2, 0.25) is 0 Å². The molecule has 118 valence electrons. The zero-order valence-corrected chi connectivity index (χ0v) is 14.2. The van der Waals surface area contributed by atoms with E-state index in [4.69, 9.17) is 0 Å². The van der Waals surface area contributed by atoms with Gasteiger partial charge in [0.25, 0.3) is 0 Å². The topological polar surface area (TPSA) is 37.8 Å². The van der Waals surface area contributed by atoms with Crippen molar-refractivity contribution in [3.8, 4) is 0 Å². The smallest absolute Gasteiger partial charge is 0.0648 e. The number of nitrogens with zero attached hydrogens (tertiary/aromatic N) is 2. The Hall–Kier alpha value is -0.960. The van der Waals surface area contributed by atoms with E-state index in [1.807, 2.05) is 6.92 Å². The van der Waals surface area contributed by atoms with Gasteiger partial charge in [-0.1, -0.05) is 39.5 Å². The van der Waals surface area contributed by atoms with Crippen molar-refractivity contribution in [2.75, 3.05) is 6.54 Å². The lowest BCUT2D eigenvalue weighted by Crippen LogP contribution is -2.35. The maximum Gasteiger partial charge on any atom is 0.0648 e. The molecule has 3 heteroatoms. The molecule has 1 aromatic rings. The van der Waals surface area contributed by atoms with Crippen molar-refractivity contribution in [1.29, 1.82) is 0 Å². The van der Waals surface area contributed by atoms with E-state index in [1.165, 1.54) is 44.1 Å². The molecule has 0 spiro atoms. The second-order valence-electron chi connectivity index (χ2n) is 6.57. The predicted octanol–water partition coefficient (Wildman–Crippen LogP) is 4.35. The maximum absolute atomic E-state index is 4.36. The van der Waals surface area contributed by atoms with Gasteiger partial charge >= 0.3 is 0 Å². The molecule has 3 nitrogen and oxygen atoms in total. The lowest BCUT2D eigenvalue weighted by Gasteiger charge is -2.38. The van der Waals surface area contributed by atoms with Gasteiger partial charge in [-0.25, -0.2) is 0 Å². The van der Waals surface area contributed by atoms with Crippen LogP contribution in [0.3, 0.4) is 0 Å². The van der Waals surface area contributed by atoms with Crippen molar-refractivity contribution >= 4 is 0 Å². The third kappa shape index (κ3) is 4.03. The van der Waals surface area contributed by atoms with Crippen molar-refractivity contribution < 1.29 is 0 Å². The highest BCUT2D eigenvalue weighted by atomic mass is 15.1. The van der Waals surface area contributed by atoms with Gasteiger partial charge < -0.3 is 5.32 Å². The summed E-state index contributed by atoms with van der Waals surface area (Å²) in [6, 6.07) is 2.70. The summed E-state index contributed by atoms with van der Waals surface area (Å²) in [5.74, 6) is 1.60. The summed E-state index contributed by atoms with van der Waals surface area (Å²) in [7, 11) is 0. The molecule has 1 aromatic heterocycles. The number of aryl methyl sites for hydroxylation is 2. The van der Waals surface area contributed by atoms with E-state index in [-0.39, 0.29) is 0 Å². The Morgan fingerprint density at radius 3 is 2.67 bits per heavy atom. The molecule has 21 heavy (non-hydrogen) atoms. The number of aromatic nitrogens is 2. The SMILES string of the molecule is CCCNC(c1cc(C)nnc1C)C1CCCCC1CC. The summed E-state index contributed by atoms with van der Waals surface area (Å²) >= 11 is 0. The van der Waals surface area contributed by atoms with Crippen molar-refractivity contribution in [3.05, 3.63) is 23.0 Å². The first kappa shape index (κ1) is 16.4. The molecule has 0 aliphatic heterocycles. The number of rotatable bonds is 6. The summed E-state index contributed by atoms with van der Waals surface area (Å²) in [4.78, 5) is 0. The van der Waals surface area contributed by atoms with Gasteiger partial charge in [0.15, 0.2) is 0 Å². The molecule has 1 aliphatic carbocycles. The van der Waals surface area contributed by atoms with Gasteiger partial charge in [-0.05, 0) is 56.7 Å². The van der Waals surface area contributed by atoms with Crippen LogP contribution in [0.2, 0.25) is 0 Å². The number of nitrogens with one attached hydrogen (secondary N) is 1. The van der Waals surface area contributed by atoms with Crippen molar-refractivity contribution in [2.24, 2.45) is 11.8 Å². The minimum atomic E-state index is 0.449. The second kappa shape index (κ2) is 7.88. The first-order valence-corrected chi connectivity index (χ1v) is 8.71. The van der Waals surface area contributed by atoms with Gasteiger partial charge in [0, 0.05) is 6.04 Å². The average Bonchev–Trinajstić information content (AvgIpc) is 2.51. The van der Waals surface area contributed by atoms with Crippen LogP contribution in [0.15, 0.2) is 6.07 Å². The van der Waals surface area contributed by atoms with Crippen molar-refractivity contribution in [1.82, 2.24) is 15.5 Å². The summed E-state index contributed by atoms with van der Waals surface area (Å²) in [5, 5.41) is 12.4. The summed E-state index contributed by atoms with van der Waals surface area (Å²) in [5.41, 5.74) is 3.50. The summed E-state index contributed by atoms with van der Waals surface area (Å²) < 4.78 is 0. The molecule has 3 unspecified atom stereocenters. The lowest BCUT2D eigenvalue weighted by atomic mass is 9.72. The molecule has 0 saturated heterocycles. The monoisotopic (exact) mass is 289 g/mol. The van der Waals surface area contributed by atoms with Crippen LogP contribution in [0, 0.1) is 25.7 Å². The van der Waals surface area contributed by atoms with Crippen LogP contribution < -0.4 is 5.32 Å². The zero-order chi connectivity index (χ0) is 15.2. The quantitative estimate of drug-likeness (QED) is 0.846. The standard InChI is InChI=1S/C18H31N3/c1-5-11-19-18(16-10-8-7-9-15(16)6-2)17-12-13(3)20-21-14(17)4/h12,15-16,18-19H,5-11H2,1-4H3. The first-order chi connectivity index (χ1) is 10.2.